The Morgan fingerprint density at radius 3 is 2.56 bits per heavy atom. The molecule has 2 aromatic heterocycles. The van der Waals surface area contributed by atoms with Crippen molar-refractivity contribution in [2.24, 2.45) is 5.16 Å². The second-order valence-corrected chi connectivity index (χ2v) is 11.0. The summed E-state index contributed by atoms with van der Waals surface area (Å²) < 4.78 is 14.7. The second kappa shape index (κ2) is 11.9. The molecule has 0 spiro atoms. The number of aromatic nitrogens is 4. The van der Waals surface area contributed by atoms with Crippen LogP contribution in [0.1, 0.15) is 29.2 Å². The summed E-state index contributed by atoms with van der Waals surface area (Å²) in [5.41, 5.74) is 5.16. The topological polar surface area (TPSA) is 125 Å². The molecule has 12 heteroatoms. The third-order valence-corrected chi connectivity index (χ3v) is 8.25. The smallest absolute Gasteiger partial charge is 0.267 e. The van der Waals surface area contributed by atoms with Gasteiger partial charge < -0.3 is 20.0 Å². The van der Waals surface area contributed by atoms with E-state index in [-0.39, 0.29) is 29.3 Å². The number of nitrogens with zero attached hydrogens (tertiary/aromatic N) is 5. The standard InChI is InChI=1S/C33H25ClFN7O3/c34-26-6-2-5-25(29(26)35)27-15-28(45-41-27)33(44)42-14-11-23-22(20-16-36-18-37-17-20)3-1-4-24(23)30(42)32(43)40-21-9-7-19(8-10-21)31-38-12-13-39-31/h1-10,12-13,16-18,28,30H,11,14-15H2,(H,38,39)(H,40,43)/t28?,30-/m0/s1. The molecule has 4 heterocycles. The van der Waals surface area contributed by atoms with Crippen molar-refractivity contribution in [3.63, 3.8) is 0 Å². The first-order chi connectivity index (χ1) is 22.0. The highest BCUT2D eigenvalue weighted by atomic mass is 35.5. The molecule has 0 saturated heterocycles. The fourth-order valence-corrected chi connectivity index (χ4v) is 6.00. The lowest BCUT2D eigenvalue weighted by molar-refractivity contribution is -0.148. The average Bonchev–Trinajstić information content (AvgIpc) is 3.79. The van der Waals surface area contributed by atoms with Crippen LogP contribution in [0.3, 0.4) is 0 Å². The SMILES string of the molecule is O=C(Nc1ccc(-c2ncc[nH]2)cc1)[C@@H]1c2cccc(-c3cncnc3)c2CCN1C(=O)C1CC(c2cccc(Cl)c2F)=NO1. The molecular formula is C33H25ClFN7O3. The second-order valence-electron chi connectivity index (χ2n) is 10.6. The zero-order valence-electron chi connectivity index (χ0n) is 23.7. The van der Waals surface area contributed by atoms with E-state index >= 15 is 0 Å². The van der Waals surface area contributed by atoms with Gasteiger partial charge in [-0.1, -0.05) is 41.0 Å². The van der Waals surface area contributed by atoms with Crippen molar-refractivity contribution >= 4 is 34.8 Å². The van der Waals surface area contributed by atoms with Crippen LogP contribution in [-0.4, -0.2) is 55.0 Å². The quantitative estimate of drug-likeness (QED) is 0.255. The summed E-state index contributed by atoms with van der Waals surface area (Å²) in [6.45, 7) is 0.243. The lowest BCUT2D eigenvalue weighted by atomic mass is 9.86. The maximum atomic E-state index is 14.7. The summed E-state index contributed by atoms with van der Waals surface area (Å²) in [6.07, 6.45) is 7.78. The van der Waals surface area contributed by atoms with Crippen molar-refractivity contribution in [3.8, 4) is 22.5 Å². The van der Waals surface area contributed by atoms with E-state index in [9.17, 15) is 14.0 Å². The van der Waals surface area contributed by atoms with Crippen molar-refractivity contribution in [2.75, 3.05) is 11.9 Å². The molecule has 10 nitrogen and oxygen atoms in total. The van der Waals surface area contributed by atoms with Crippen molar-refractivity contribution in [1.29, 1.82) is 0 Å². The average molecular weight is 622 g/mol. The van der Waals surface area contributed by atoms with Crippen LogP contribution in [0.5, 0.6) is 0 Å². The van der Waals surface area contributed by atoms with Gasteiger partial charge in [0, 0.05) is 60.1 Å². The van der Waals surface area contributed by atoms with Crippen molar-refractivity contribution in [2.45, 2.75) is 25.0 Å². The minimum atomic E-state index is -1.03. The lowest BCUT2D eigenvalue weighted by Gasteiger charge is -2.38. The Labute approximate surface area is 262 Å². The molecule has 0 fully saturated rings. The predicted molar refractivity (Wildman–Crippen MR) is 166 cm³/mol. The van der Waals surface area contributed by atoms with Crippen LogP contribution in [-0.2, 0) is 20.8 Å². The molecule has 2 atom stereocenters. The largest absolute Gasteiger partial charge is 0.382 e. The molecule has 2 aliphatic heterocycles. The molecule has 0 bridgehead atoms. The number of amides is 2. The summed E-state index contributed by atoms with van der Waals surface area (Å²) in [6, 6.07) is 16.5. The van der Waals surface area contributed by atoms with Crippen molar-refractivity contribution < 1.29 is 18.8 Å². The Morgan fingerprint density at radius 2 is 1.78 bits per heavy atom. The molecule has 3 aromatic carbocycles. The van der Waals surface area contributed by atoms with Gasteiger partial charge in [-0.05, 0) is 59.5 Å². The van der Waals surface area contributed by atoms with E-state index in [1.807, 2.05) is 30.3 Å². The van der Waals surface area contributed by atoms with Gasteiger partial charge in [0.15, 0.2) is 5.82 Å². The molecule has 5 aromatic rings. The van der Waals surface area contributed by atoms with Gasteiger partial charge in [-0.3, -0.25) is 9.59 Å². The Morgan fingerprint density at radius 1 is 1.00 bits per heavy atom. The van der Waals surface area contributed by atoms with Crippen LogP contribution >= 0.6 is 11.6 Å². The van der Waals surface area contributed by atoms with E-state index in [2.05, 4.69) is 30.4 Å². The van der Waals surface area contributed by atoms with E-state index in [0.717, 1.165) is 22.3 Å². The fourth-order valence-electron chi connectivity index (χ4n) is 5.82. The van der Waals surface area contributed by atoms with Gasteiger partial charge in [-0.25, -0.2) is 19.3 Å². The van der Waals surface area contributed by atoms with Crippen LogP contribution in [0.4, 0.5) is 10.1 Å². The molecule has 0 saturated carbocycles. The molecule has 1 unspecified atom stereocenters. The highest BCUT2D eigenvalue weighted by Gasteiger charge is 2.42. The maximum absolute atomic E-state index is 14.7. The normalized spacial score (nSPS) is 17.3. The number of nitrogens with one attached hydrogen (secondary N) is 2. The van der Waals surface area contributed by atoms with Crippen molar-refractivity contribution in [1.82, 2.24) is 24.8 Å². The van der Waals surface area contributed by atoms with E-state index in [0.29, 0.717) is 23.5 Å². The summed E-state index contributed by atoms with van der Waals surface area (Å²) in [5, 5.41) is 6.96. The maximum Gasteiger partial charge on any atom is 0.267 e. The van der Waals surface area contributed by atoms with Crippen LogP contribution in [0.25, 0.3) is 22.5 Å². The Bertz CT molecular complexity index is 1920. The number of hydrogen-bond donors (Lipinski definition) is 2. The Kier molecular flexibility index (Phi) is 7.52. The number of oxime groups is 1. The van der Waals surface area contributed by atoms with E-state index in [1.165, 1.54) is 23.4 Å². The summed E-state index contributed by atoms with van der Waals surface area (Å²) in [5.74, 6) is -0.742. The van der Waals surface area contributed by atoms with Gasteiger partial charge in [0.2, 0.25) is 6.10 Å². The zero-order chi connectivity index (χ0) is 30.9. The van der Waals surface area contributed by atoms with Gasteiger partial charge >= 0.3 is 0 Å². The molecule has 2 amide bonds. The highest BCUT2D eigenvalue weighted by Crippen LogP contribution is 2.38. The van der Waals surface area contributed by atoms with Gasteiger partial charge in [0.25, 0.3) is 11.8 Å². The van der Waals surface area contributed by atoms with Crippen molar-refractivity contribution in [3.05, 3.63) is 119 Å². The number of rotatable bonds is 6. The third-order valence-electron chi connectivity index (χ3n) is 7.96. The minimum absolute atomic E-state index is 0.0312. The van der Waals surface area contributed by atoms with E-state index in [4.69, 9.17) is 16.4 Å². The Hall–Kier alpha value is -5.42. The van der Waals surface area contributed by atoms with Crippen LogP contribution in [0.15, 0.2) is 96.9 Å². The van der Waals surface area contributed by atoms with Crippen LogP contribution in [0, 0.1) is 5.82 Å². The number of benzene rings is 3. The zero-order valence-corrected chi connectivity index (χ0v) is 24.4. The van der Waals surface area contributed by atoms with Gasteiger partial charge in [-0.15, -0.1) is 0 Å². The number of aromatic amines is 1. The van der Waals surface area contributed by atoms with E-state index < -0.39 is 29.8 Å². The number of hydrogen-bond acceptors (Lipinski definition) is 7. The molecule has 2 N–H and O–H groups in total. The molecule has 224 valence electrons. The number of carbonyl (C=O) groups is 2. The summed E-state index contributed by atoms with van der Waals surface area (Å²) >= 11 is 5.97. The molecule has 0 aliphatic carbocycles. The molecule has 2 aliphatic rings. The Balaban J connectivity index is 1.20. The fraction of sp³-hybridized carbons (Fsp3) is 0.152. The number of halogens is 2. The van der Waals surface area contributed by atoms with Gasteiger partial charge in [0.05, 0.1) is 10.7 Å². The predicted octanol–water partition coefficient (Wildman–Crippen LogP) is 5.58. The van der Waals surface area contributed by atoms with Crippen LogP contribution in [0.2, 0.25) is 5.02 Å². The lowest BCUT2D eigenvalue weighted by Crippen LogP contribution is -2.49. The third kappa shape index (κ3) is 5.42. The molecular weight excluding hydrogens is 597 g/mol. The minimum Gasteiger partial charge on any atom is -0.382 e. The number of fused-ring (bicyclic) bond motifs is 1. The number of anilines is 1. The number of H-pyrrole nitrogens is 1. The van der Waals surface area contributed by atoms with Crippen LogP contribution < -0.4 is 5.32 Å². The summed E-state index contributed by atoms with van der Waals surface area (Å²) in [4.78, 5) is 50.8. The number of carbonyl (C=O) groups excluding carboxylic acids is 2. The summed E-state index contributed by atoms with van der Waals surface area (Å²) in [7, 11) is 0. The first-order valence-corrected chi connectivity index (χ1v) is 14.6. The first kappa shape index (κ1) is 28.4. The monoisotopic (exact) mass is 621 g/mol. The molecule has 7 rings (SSSR count). The highest BCUT2D eigenvalue weighted by molar-refractivity contribution is 6.31. The van der Waals surface area contributed by atoms with E-state index in [1.54, 1.807) is 43.0 Å². The van der Waals surface area contributed by atoms with Gasteiger partial charge in [-0.2, -0.15) is 0 Å². The number of imidazole rings is 1. The van der Waals surface area contributed by atoms with Gasteiger partial charge in [0.1, 0.15) is 18.2 Å². The molecule has 45 heavy (non-hydrogen) atoms. The first-order valence-electron chi connectivity index (χ1n) is 14.2. The molecule has 0 radical (unpaired) electrons.